The number of nitrogen functional groups attached to an aromatic ring is 1. The van der Waals surface area contributed by atoms with E-state index in [2.05, 4.69) is 15.4 Å². The van der Waals surface area contributed by atoms with E-state index in [1.165, 1.54) is 6.20 Å². The van der Waals surface area contributed by atoms with Crippen LogP contribution < -0.4 is 11.1 Å². The van der Waals surface area contributed by atoms with Crippen LogP contribution >= 0.6 is 0 Å². The summed E-state index contributed by atoms with van der Waals surface area (Å²) in [6, 6.07) is 7.47. The van der Waals surface area contributed by atoms with Gasteiger partial charge in [-0.3, -0.25) is 9.48 Å². The highest BCUT2D eigenvalue weighted by atomic mass is 16.1. The second-order valence-electron chi connectivity index (χ2n) is 4.81. The molecule has 0 saturated carbocycles. The minimum Gasteiger partial charge on any atom is -0.383 e. The molecule has 2 aromatic heterocycles. The molecule has 3 aromatic rings. The Kier molecular flexibility index (Phi) is 3.27. The molecule has 0 unspecified atom stereocenters. The third-order valence-electron chi connectivity index (χ3n) is 3.28. The van der Waals surface area contributed by atoms with Crippen LogP contribution in [0.1, 0.15) is 15.9 Å². The number of benzene rings is 1. The Labute approximate surface area is 121 Å². The summed E-state index contributed by atoms with van der Waals surface area (Å²) in [6.07, 6.45) is 5.09. The summed E-state index contributed by atoms with van der Waals surface area (Å²) in [5.74, 6) is 0.247. The first kappa shape index (κ1) is 13.1. The molecule has 0 saturated heterocycles. The number of fused-ring (bicyclic) bond motifs is 1. The number of rotatable bonds is 3. The molecule has 0 aliphatic carbocycles. The van der Waals surface area contributed by atoms with E-state index in [0.717, 1.165) is 16.3 Å². The lowest BCUT2D eigenvalue weighted by Crippen LogP contribution is -2.23. The van der Waals surface area contributed by atoms with Gasteiger partial charge in [-0.2, -0.15) is 5.10 Å². The highest BCUT2D eigenvalue weighted by Gasteiger charge is 2.12. The predicted molar refractivity (Wildman–Crippen MR) is 80.5 cm³/mol. The summed E-state index contributed by atoms with van der Waals surface area (Å²) >= 11 is 0. The Hall–Kier alpha value is -2.89. The summed E-state index contributed by atoms with van der Waals surface area (Å²) in [6.45, 7) is 0.422. The highest BCUT2D eigenvalue weighted by molar-refractivity contribution is 6.08. The van der Waals surface area contributed by atoms with Gasteiger partial charge < -0.3 is 11.1 Å². The minimum absolute atomic E-state index is 0.178. The lowest BCUT2D eigenvalue weighted by molar-refractivity contribution is 0.0952. The fraction of sp³-hybridized carbons (Fsp3) is 0.133. The van der Waals surface area contributed by atoms with Crippen molar-refractivity contribution in [3.8, 4) is 0 Å². The smallest absolute Gasteiger partial charge is 0.253 e. The van der Waals surface area contributed by atoms with E-state index in [0.29, 0.717) is 17.9 Å². The lowest BCUT2D eigenvalue weighted by Gasteiger charge is -2.08. The molecular weight excluding hydrogens is 266 g/mol. The zero-order valence-electron chi connectivity index (χ0n) is 11.6. The first-order chi connectivity index (χ1) is 10.1. The average molecular weight is 281 g/mol. The van der Waals surface area contributed by atoms with Crippen molar-refractivity contribution in [3.63, 3.8) is 0 Å². The van der Waals surface area contributed by atoms with Crippen LogP contribution in [0, 0.1) is 0 Å². The van der Waals surface area contributed by atoms with Crippen LogP contribution in [0.25, 0.3) is 10.8 Å². The molecular formula is C15H15N5O. The fourth-order valence-corrected chi connectivity index (χ4v) is 2.24. The number of pyridine rings is 1. The standard InChI is InChI=1S/C15H15N5O/c1-20-9-10(7-19-20)6-18-15(21)13-8-17-14(16)12-5-3-2-4-11(12)13/h2-5,7-9H,6H2,1H3,(H2,16,17)(H,18,21). The van der Waals surface area contributed by atoms with E-state index < -0.39 is 0 Å². The van der Waals surface area contributed by atoms with Gasteiger partial charge in [-0.25, -0.2) is 4.98 Å². The molecule has 1 amide bonds. The molecule has 0 fully saturated rings. The summed E-state index contributed by atoms with van der Waals surface area (Å²) in [5.41, 5.74) is 7.30. The number of hydrogen-bond donors (Lipinski definition) is 2. The number of nitrogens with two attached hydrogens (primary N) is 1. The molecule has 3 N–H and O–H groups in total. The predicted octanol–water partition coefficient (Wildman–Crippen LogP) is 1.48. The Balaban J connectivity index is 1.86. The monoisotopic (exact) mass is 281 g/mol. The van der Waals surface area contributed by atoms with Crippen LogP contribution in [0.15, 0.2) is 42.9 Å². The van der Waals surface area contributed by atoms with E-state index in [4.69, 9.17) is 5.73 Å². The zero-order valence-corrected chi connectivity index (χ0v) is 11.6. The summed E-state index contributed by atoms with van der Waals surface area (Å²) in [5, 5.41) is 8.52. The van der Waals surface area contributed by atoms with Crippen LogP contribution in [0.3, 0.4) is 0 Å². The van der Waals surface area contributed by atoms with Gasteiger partial charge in [-0.1, -0.05) is 24.3 Å². The van der Waals surface area contributed by atoms with Crippen molar-refractivity contribution < 1.29 is 4.79 Å². The van der Waals surface area contributed by atoms with Crippen molar-refractivity contribution in [1.29, 1.82) is 0 Å². The van der Waals surface area contributed by atoms with Crippen LogP contribution in [0.2, 0.25) is 0 Å². The number of anilines is 1. The quantitative estimate of drug-likeness (QED) is 0.761. The molecule has 0 radical (unpaired) electrons. The SMILES string of the molecule is Cn1cc(CNC(=O)c2cnc(N)c3ccccc23)cn1. The van der Waals surface area contributed by atoms with Gasteiger partial charge in [0.25, 0.3) is 5.91 Å². The molecule has 2 heterocycles. The minimum atomic E-state index is -0.178. The number of nitrogens with one attached hydrogen (secondary N) is 1. The second-order valence-corrected chi connectivity index (χ2v) is 4.81. The van der Waals surface area contributed by atoms with Crippen molar-refractivity contribution in [2.24, 2.45) is 7.05 Å². The van der Waals surface area contributed by atoms with Gasteiger partial charge in [0, 0.05) is 36.9 Å². The van der Waals surface area contributed by atoms with Gasteiger partial charge in [0.05, 0.1) is 11.8 Å². The Morgan fingerprint density at radius 3 is 2.76 bits per heavy atom. The molecule has 0 spiro atoms. The van der Waals surface area contributed by atoms with Crippen molar-refractivity contribution in [2.75, 3.05) is 5.73 Å². The van der Waals surface area contributed by atoms with Gasteiger partial charge >= 0.3 is 0 Å². The normalized spacial score (nSPS) is 10.7. The molecule has 6 heteroatoms. The fourth-order valence-electron chi connectivity index (χ4n) is 2.24. The van der Waals surface area contributed by atoms with Crippen LogP contribution in [0.5, 0.6) is 0 Å². The number of carbonyl (C=O) groups is 1. The van der Waals surface area contributed by atoms with Crippen molar-refractivity contribution in [2.45, 2.75) is 6.54 Å². The third kappa shape index (κ3) is 2.55. The first-order valence-corrected chi connectivity index (χ1v) is 6.54. The average Bonchev–Trinajstić information content (AvgIpc) is 2.91. The van der Waals surface area contributed by atoms with Gasteiger partial charge in [0.2, 0.25) is 0 Å². The molecule has 0 aliphatic rings. The number of nitrogens with zero attached hydrogens (tertiary/aromatic N) is 3. The Morgan fingerprint density at radius 1 is 1.29 bits per heavy atom. The number of amides is 1. The van der Waals surface area contributed by atoms with E-state index in [-0.39, 0.29) is 5.91 Å². The second kappa shape index (κ2) is 5.24. The van der Waals surface area contributed by atoms with Crippen LogP contribution in [0.4, 0.5) is 5.82 Å². The molecule has 3 rings (SSSR count). The van der Waals surface area contributed by atoms with Crippen molar-refractivity contribution in [3.05, 3.63) is 54.0 Å². The molecule has 21 heavy (non-hydrogen) atoms. The van der Waals surface area contributed by atoms with E-state index >= 15 is 0 Å². The van der Waals surface area contributed by atoms with E-state index in [9.17, 15) is 4.79 Å². The van der Waals surface area contributed by atoms with Gasteiger partial charge in [-0.15, -0.1) is 0 Å². The zero-order chi connectivity index (χ0) is 14.8. The molecule has 0 atom stereocenters. The highest BCUT2D eigenvalue weighted by Crippen LogP contribution is 2.22. The van der Waals surface area contributed by atoms with Crippen molar-refractivity contribution >= 4 is 22.5 Å². The van der Waals surface area contributed by atoms with E-state index in [1.807, 2.05) is 37.5 Å². The Bertz CT molecular complexity index is 809. The maximum atomic E-state index is 12.3. The van der Waals surface area contributed by atoms with Crippen molar-refractivity contribution in [1.82, 2.24) is 20.1 Å². The van der Waals surface area contributed by atoms with Crippen LogP contribution in [-0.2, 0) is 13.6 Å². The molecule has 106 valence electrons. The van der Waals surface area contributed by atoms with Gasteiger partial charge in [-0.05, 0) is 5.39 Å². The summed E-state index contributed by atoms with van der Waals surface area (Å²) < 4.78 is 1.70. The topological polar surface area (TPSA) is 85.8 Å². The summed E-state index contributed by atoms with van der Waals surface area (Å²) in [7, 11) is 1.84. The molecule has 0 aliphatic heterocycles. The molecule has 1 aromatic carbocycles. The third-order valence-corrected chi connectivity index (χ3v) is 3.28. The first-order valence-electron chi connectivity index (χ1n) is 6.54. The maximum Gasteiger partial charge on any atom is 0.253 e. The van der Waals surface area contributed by atoms with Gasteiger partial charge in [0.15, 0.2) is 0 Å². The molecule has 0 bridgehead atoms. The molecule has 6 nitrogen and oxygen atoms in total. The number of hydrogen-bond acceptors (Lipinski definition) is 4. The number of aromatic nitrogens is 3. The van der Waals surface area contributed by atoms with Gasteiger partial charge in [0.1, 0.15) is 5.82 Å². The largest absolute Gasteiger partial charge is 0.383 e. The van der Waals surface area contributed by atoms with Crippen LogP contribution in [-0.4, -0.2) is 20.7 Å². The lowest BCUT2D eigenvalue weighted by atomic mass is 10.1. The maximum absolute atomic E-state index is 12.3. The van der Waals surface area contributed by atoms with E-state index in [1.54, 1.807) is 10.9 Å². The number of aryl methyl sites for hydroxylation is 1. The number of carbonyl (C=O) groups excluding carboxylic acids is 1. The Morgan fingerprint density at radius 2 is 2.05 bits per heavy atom. The summed E-state index contributed by atoms with van der Waals surface area (Å²) in [4.78, 5) is 16.4.